The Morgan fingerprint density at radius 1 is 1.05 bits per heavy atom. The van der Waals surface area contributed by atoms with Gasteiger partial charge in [-0.15, -0.1) is 0 Å². The zero-order valence-corrected chi connectivity index (χ0v) is 11.5. The minimum absolute atomic E-state index is 0.0820. The molecular weight excluding hydrogens is 340 g/mol. The van der Waals surface area contributed by atoms with Crippen molar-refractivity contribution in [2.45, 2.75) is 12.3 Å². The van der Waals surface area contributed by atoms with Gasteiger partial charge in [0.15, 0.2) is 0 Å². The molecule has 1 N–H and O–H groups in total. The molecule has 2 aromatic rings. The molecule has 0 fully saturated rings. The maximum absolute atomic E-state index is 13.1. The van der Waals surface area contributed by atoms with Crippen molar-refractivity contribution in [3.63, 3.8) is 0 Å². The number of aliphatic hydroxyl groups excluding tert-OH is 1. The van der Waals surface area contributed by atoms with Crippen LogP contribution in [0.5, 0.6) is 0 Å². The Labute approximate surface area is 121 Å². The molecule has 0 bridgehead atoms. The molecule has 0 aliphatic heterocycles. The quantitative estimate of drug-likeness (QED) is 0.780. The largest absolute Gasteiger partial charge is 0.416 e. The molecule has 0 amide bonds. The summed E-state index contributed by atoms with van der Waals surface area (Å²) < 4.78 is 51.9. The molecule has 0 saturated carbocycles. The van der Waals surface area contributed by atoms with E-state index in [1.807, 2.05) is 0 Å². The molecule has 2 aromatic carbocycles. The number of rotatable bonds is 2. The Morgan fingerprint density at radius 3 is 2.30 bits per heavy atom. The summed E-state index contributed by atoms with van der Waals surface area (Å²) in [4.78, 5) is 0. The fourth-order valence-corrected chi connectivity index (χ4v) is 2.25. The van der Waals surface area contributed by atoms with Gasteiger partial charge in [-0.1, -0.05) is 24.3 Å². The van der Waals surface area contributed by atoms with E-state index in [0.717, 1.165) is 12.1 Å². The molecule has 20 heavy (non-hydrogen) atoms. The second-order valence-corrected chi connectivity index (χ2v) is 5.02. The van der Waals surface area contributed by atoms with Gasteiger partial charge < -0.3 is 5.11 Å². The SMILES string of the molecule is OC(c1ccc(F)c(Br)c1)c1ccccc1C(F)(F)F. The van der Waals surface area contributed by atoms with Crippen molar-refractivity contribution in [1.82, 2.24) is 0 Å². The lowest BCUT2D eigenvalue weighted by atomic mass is 9.96. The van der Waals surface area contributed by atoms with E-state index < -0.39 is 23.7 Å². The van der Waals surface area contributed by atoms with Gasteiger partial charge in [0, 0.05) is 0 Å². The molecular formula is C14H9BrF4O. The smallest absolute Gasteiger partial charge is 0.384 e. The predicted octanol–water partition coefficient (Wildman–Crippen LogP) is 4.69. The Kier molecular flexibility index (Phi) is 4.15. The normalized spacial score (nSPS) is 13.3. The minimum atomic E-state index is -4.56. The lowest BCUT2D eigenvalue weighted by Gasteiger charge is -2.18. The number of hydrogen-bond donors (Lipinski definition) is 1. The Balaban J connectivity index is 2.48. The highest BCUT2D eigenvalue weighted by molar-refractivity contribution is 9.10. The summed E-state index contributed by atoms with van der Waals surface area (Å²) in [5, 5.41) is 10.1. The third-order valence-electron chi connectivity index (χ3n) is 2.82. The lowest BCUT2D eigenvalue weighted by molar-refractivity contribution is -0.139. The highest BCUT2D eigenvalue weighted by Crippen LogP contribution is 2.36. The summed E-state index contributed by atoms with van der Waals surface area (Å²) in [5.74, 6) is -0.551. The zero-order valence-electron chi connectivity index (χ0n) is 9.96. The molecule has 106 valence electrons. The summed E-state index contributed by atoms with van der Waals surface area (Å²) in [6, 6.07) is 8.35. The molecule has 0 aliphatic rings. The van der Waals surface area contributed by atoms with Gasteiger partial charge in [0.05, 0.1) is 10.0 Å². The van der Waals surface area contributed by atoms with E-state index >= 15 is 0 Å². The Hall–Kier alpha value is -1.40. The number of aliphatic hydroxyl groups is 1. The molecule has 1 unspecified atom stereocenters. The van der Waals surface area contributed by atoms with Crippen LogP contribution in [0.3, 0.4) is 0 Å². The highest BCUT2D eigenvalue weighted by atomic mass is 79.9. The van der Waals surface area contributed by atoms with E-state index in [1.54, 1.807) is 0 Å². The predicted molar refractivity (Wildman–Crippen MR) is 69.6 cm³/mol. The van der Waals surface area contributed by atoms with Gasteiger partial charge >= 0.3 is 6.18 Å². The van der Waals surface area contributed by atoms with Crippen LogP contribution in [0.15, 0.2) is 46.9 Å². The number of hydrogen-bond acceptors (Lipinski definition) is 1. The van der Waals surface area contributed by atoms with Crippen molar-refractivity contribution in [1.29, 1.82) is 0 Å². The third kappa shape index (κ3) is 3.02. The van der Waals surface area contributed by atoms with Gasteiger partial charge in [0.2, 0.25) is 0 Å². The summed E-state index contributed by atoms with van der Waals surface area (Å²) >= 11 is 2.94. The number of halogens is 5. The topological polar surface area (TPSA) is 20.2 Å². The minimum Gasteiger partial charge on any atom is -0.384 e. The van der Waals surface area contributed by atoms with Crippen LogP contribution in [0.2, 0.25) is 0 Å². The van der Waals surface area contributed by atoms with Crippen molar-refractivity contribution in [3.8, 4) is 0 Å². The second-order valence-electron chi connectivity index (χ2n) is 4.16. The van der Waals surface area contributed by atoms with Crippen molar-refractivity contribution in [2.24, 2.45) is 0 Å². The number of benzene rings is 2. The van der Waals surface area contributed by atoms with Crippen LogP contribution >= 0.6 is 15.9 Å². The van der Waals surface area contributed by atoms with Gasteiger partial charge in [-0.25, -0.2) is 4.39 Å². The van der Waals surface area contributed by atoms with Crippen LogP contribution in [0, 0.1) is 5.82 Å². The fraction of sp³-hybridized carbons (Fsp3) is 0.143. The molecule has 6 heteroatoms. The first kappa shape index (κ1) is 15.0. The molecule has 1 nitrogen and oxygen atoms in total. The van der Waals surface area contributed by atoms with Crippen molar-refractivity contribution < 1.29 is 22.7 Å². The molecule has 0 heterocycles. The number of alkyl halides is 3. The van der Waals surface area contributed by atoms with Crippen molar-refractivity contribution in [2.75, 3.05) is 0 Å². The monoisotopic (exact) mass is 348 g/mol. The van der Waals surface area contributed by atoms with E-state index in [4.69, 9.17) is 0 Å². The first-order chi connectivity index (χ1) is 9.30. The van der Waals surface area contributed by atoms with Crippen molar-refractivity contribution >= 4 is 15.9 Å². The zero-order chi connectivity index (χ0) is 14.9. The molecule has 0 saturated heterocycles. The first-order valence-corrected chi connectivity index (χ1v) is 6.39. The van der Waals surface area contributed by atoms with E-state index in [1.165, 1.54) is 30.3 Å². The lowest BCUT2D eigenvalue weighted by Crippen LogP contribution is -2.12. The van der Waals surface area contributed by atoms with Crippen LogP contribution in [0.4, 0.5) is 17.6 Å². The molecule has 1 atom stereocenters. The van der Waals surface area contributed by atoms with Gasteiger partial charge in [-0.3, -0.25) is 0 Å². The van der Waals surface area contributed by atoms with Crippen LogP contribution in [0.1, 0.15) is 22.8 Å². The summed E-state index contributed by atoms with van der Waals surface area (Å²) in [6.07, 6.45) is -6.04. The highest BCUT2D eigenvalue weighted by Gasteiger charge is 2.34. The molecule has 2 rings (SSSR count). The summed E-state index contributed by atoms with van der Waals surface area (Å²) in [6.45, 7) is 0. The Morgan fingerprint density at radius 2 is 1.70 bits per heavy atom. The molecule has 0 aromatic heterocycles. The van der Waals surface area contributed by atoms with Crippen LogP contribution < -0.4 is 0 Å². The Bertz CT molecular complexity index is 625. The average molecular weight is 349 g/mol. The van der Waals surface area contributed by atoms with E-state index in [-0.39, 0.29) is 15.6 Å². The molecule has 0 radical (unpaired) electrons. The standard InChI is InChI=1S/C14H9BrF4O/c15-11-7-8(5-6-12(11)16)13(20)9-3-1-2-4-10(9)14(17,18)19/h1-7,13,20H. The summed E-state index contributed by atoms with van der Waals surface area (Å²) in [7, 11) is 0. The van der Waals surface area contributed by atoms with Crippen LogP contribution in [-0.4, -0.2) is 5.11 Å². The maximum Gasteiger partial charge on any atom is 0.416 e. The second kappa shape index (κ2) is 5.54. The maximum atomic E-state index is 13.1. The van der Waals surface area contributed by atoms with Gasteiger partial charge in [0.1, 0.15) is 11.9 Å². The first-order valence-electron chi connectivity index (χ1n) is 5.60. The third-order valence-corrected chi connectivity index (χ3v) is 3.43. The van der Waals surface area contributed by atoms with Gasteiger partial charge in [0.25, 0.3) is 0 Å². The molecule has 0 aliphatic carbocycles. The average Bonchev–Trinajstić information content (AvgIpc) is 2.40. The van der Waals surface area contributed by atoms with E-state index in [2.05, 4.69) is 15.9 Å². The van der Waals surface area contributed by atoms with Gasteiger partial charge in [-0.2, -0.15) is 13.2 Å². The van der Waals surface area contributed by atoms with Gasteiger partial charge in [-0.05, 0) is 45.3 Å². The van der Waals surface area contributed by atoms with E-state index in [9.17, 15) is 22.7 Å². The van der Waals surface area contributed by atoms with Crippen molar-refractivity contribution in [3.05, 3.63) is 69.4 Å². The van der Waals surface area contributed by atoms with Crippen LogP contribution in [-0.2, 0) is 6.18 Å². The molecule has 0 spiro atoms. The van der Waals surface area contributed by atoms with Crippen LogP contribution in [0.25, 0.3) is 0 Å². The fourth-order valence-electron chi connectivity index (χ4n) is 1.86. The van der Waals surface area contributed by atoms with E-state index in [0.29, 0.717) is 0 Å². The summed E-state index contributed by atoms with van der Waals surface area (Å²) in [5.41, 5.74) is -0.999.